The van der Waals surface area contributed by atoms with Crippen LogP contribution in [0.5, 0.6) is 5.75 Å². The Labute approximate surface area is 123 Å². The summed E-state index contributed by atoms with van der Waals surface area (Å²) in [5.74, 6) is -2.41. The SMILES string of the molecule is CCOC(=O)c1c(I)ncc(OC(F)(F)F)c1C(F)F. The zero-order chi connectivity index (χ0) is 15.5. The summed E-state index contributed by atoms with van der Waals surface area (Å²) in [4.78, 5) is 15.0. The summed E-state index contributed by atoms with van der Waals surface area (Å²) in [6.07, 6.45) is -8.05. The van der Waals surface area contributed by atoms with Crippen LogP contribution in [0, 0.1) is 3.70 Å². The van der Waals surface area contributed by atoms with Crippen LogP contribution in [-0.2, 0) is 4.74 Å². The van der Waals surface area contributed by atoms with Gasteiger partial charge in [0, 0.05) is 0 Å². The Hall–Kier alpha value is -1.20. The zero-order valence-corrected chi connectivity index (χ0v) is 12.0. The first-order valence-electron chi connectivity index (χ1n) is 5.06. The van der Waals surface area contributed by atoms with Crippen LogP contribution in [0.2, 0.25) is 0 Å². The van der Waals surface area contributed by atoms with E-state index in [0.717, 1.165) is 0 Å². The minimum Gasteiger partial charge on any atom is -0.462 e. The van der Waals surface area contributed by atoms with Gasteiger partial charge in [-0.2, -0.15) is 0 Å². The van der Waals surface area contributed by atoms with Crippen molar-refractivity contribution in [3.05, 3.63) is 21.0 Å². The predicted molar refractivity (Wildman–Crippen MR) is 64.6 cm³/mol. The molecule has 20 heavy (non-hydrogen) atoms. The fourth-order valence-electron chi connectivity index (χ4n) is 1.30. The first-order valence-corrected chi connectivity index (χ1v) is 6.14. The number of nitrogens with zero attached hydrogens (tertiary/aromatic N) is 1. The molecule has 0 fully saturated rings. The minimum atomic E-state index is -5.18. The maximum atomic E-state index is 13.0. The maximum absolute atomic E-state index is 13.0. The fraction of sp³-hybridized carbons (Fsp3) is 0.400. The number of halogens is 6. The molecule has 112 valence electrons. The van der Waals surface area contributed by atoms with Gasteiger partial charge in [-0.15, -0.1) is 13.2 Å². The highest BCUT2D eigenvalue weighted by Gasteiger charge is 2.36. The van der Waals surface area contributed by atoms with Crippen molar-refractivity contribution in [2.24, 2.45) is 0 Å². The number of alkyl halides is 5. The van der Waals surface area contributed by atoms with Crippen molar-refractivity contribution in [3.63, 3.8) is 0 Å². The van der Waals surface area contributed by atoms with Crippen molar-refractivity contribution < 1.29 is 36.2 Å². The van der Waals surface area contributed by atoms with Gasteiger partial charge in [0.15, 0.2) is 5.75 Å². The van der Waals surface area contributed by atoms with Gasteiger partial charge in [-0.1, -0.05) is 0 Å². The van der Waals surface area contributed by atoms with Crippen LogP contribution >= 0.6 is 22.6 Å². The summed E-state index contributed by atoms with van der Waals surface area (Å²) in [5, 5.41) is 0. The number of aromatic nitrogens is 1. The molecule has 1 aromatic rings. The lowest BCUT2D eigenvalue weighted by molar-refractivity contribution is -0.275. The first-order chi connectivity index (χ1) is 9.17. The van der Waals surface area contributed by atoms with E-state index in [9.17, 15) is 26.7 Å². The number of esters is 1. The van der Waals surface area contributed by atoms with E-state index < -0.39 is 35.6 Å². The number of pyridine rings is 1. The smallest absolute Gasteiger partial charge is 0.462 e. The number of ether oxygens (including phenoxy) is 2. The third kappa shape index (κ3) is 4.15. The van der Waals surface area contributed by atoms with Crippen LogP contribution in [0.1, 0.15) is 29.3 Å². The molecule has 1 aromatic heterocycles. The molecule has 0 spiro atoms. The largest absolute Gasteiger partial charge is 0.573 e. The molecule has 0 aliphatic carbocycles. The summed E-state index contributed by atoms with van der Waals surface area (Å²) < 4.78 is 70.2. The Morgan fingerprint density at radius 1 is 1.45 bits per heavy atom. The standard InChI is InChI=1S/C10H7F5INO3/c1-2-19-9(18)6-5(7(11)12)4(3-17-8(6)16)20-10(13,14)15/h3,7H,2H2,1H3. The van der Waals surface area contributed by atoms with Crippen LogP contribution in [-0.4, -0.2) is 23.9 Å². The lowest BCUT2D eigenvalue weighted by Crippen LogP contribution is -2.21. The van der Waals surface area contributed by atoms with Gasteiger partial charge in [0.05, 0.1) is 18.4 Å². The monoisotopic (exact) mass is 411 g/mol. The summed E-state index contributed by atoms with van der Waals surface area (Å²) in [6, 6.07) is 0. The average molecular weight is 411 g/mol. The average Bonchev–Trinajstić information content (AvgIpc) is 2.29. The summed E-state index contributed by atoms with van der Waals surface area (Å²) in [6.45, 7) is 1.30. The second-order valence-electron chi connectivity index (χ2n) is 3.27. The van der Waals surface area contributed by atoms with Gasteiger partial charge in [0.2, 0.25) is 0 Å². The number of hydrogen-bond donors (Lipinski definition) is 0. The van der Waals surface area contributed by atoms with E-state index in [-0.39, 0.29) is 10.3 Å². The molecule has 0 bridgehead atoms. The molecule has 0 radical (unpaired) electrons. The van der Waals surface area contributed by atoms with Crippen molar-refractivity contribution in [1.29, 1.82) is 0 Å². The summed E-state index contributed by atoms with van der Waals surface area (Å²) in [7, 11) is 0. The molecular formula is C10H7F5INO3. The molecule has 0 unspecified atom stereocenters. The van der Waals surface area contributed by atoms with Crippen LogP contribution in [0.15, 0.2) is 6.20 Å². The molecule has 1 rings (SSSR count). The zero-order valence-electron chi connectivity index (χ0n) is 9.80. The Morgan fingerprint density at radius 2 is 2.05 bits per heavy atom. The van der Waals surface area contributed by atoms with Gasteiger partial charge in [0.25, 0.3) is 6.43 Å². The van der Waals surface area contributed by atoms with Crippen LogP contribution in [0.25, 0.3) is 0 Å². The lowest BCUT2D eigenvalue weighted by atomic mass is 10.1. The van der Waals surface area contributed by atoms with E-state index in [4.69, 9.17) is 0 Å². The van der Waals surface area contributed by atoms with Crippen molar-refractivity contribution >= 4 is 28.6 Å². The van der Waals surface area contributed by atoms with Crippen LogP contribution < -0.4 is 4.74 Å². The van der Waals surface area contributed by atoms with Gasteiger partial charge < -0.3 is 9.47 Å². The molecule has 0 aliphatic rings. The number of carbonyl (C=O) groups is 1. The Balaban J connectivity index is 3.41. The summed E-state index contributed by atoms with van der Waals surface area (Å²) >= 11 is 1.45. The van der Waals surface area contributed by atoms with Gasteiger partial charge in [0.1, 0.15) is 9.26 Å². The molecule has 0 N–H and O–H groups in total. The minimum absolute atomic E-state index is 0.123. The topological polar surface area (TPSA) is 48.4 Å². The van der Waals surface area contributed by atoms with E-state index in [2.05, 4.69) is 14.5 Å². The highest BCUT2D eigenvalue weighted by Crippen LogP contribution is 2.36. The third-order valence-electron chi connectivity index (χ3n) is 1.96. The molecule has 0 aromatic carbocycles. The molecule has 0 saturated carbocycles. The van der Waals surface area contributed by atoms with E-state index >= 15 is 0 Å². The van der Waals surface area contributed by atoms with Gasteiger partial charge in [-0.3, -0.25) is 0 Å². The quantitative estimate of drug-likeness (QED) is 0.328. The van der Waals surface area contributed by atoms with Crippen molar-refractivity contribution in [2.75, 3.05) is 6.61 Å². The van der Waals surface area contributed by atoms with Crippen molar-refractivity contribution in [2.45, 2.75) is 19.7 Å². The van der Waals surface area contributed by atoms with Gasteiger partial charge in [-0.25, -0.2) is 18.6 Å². The Morgan fingerprint density at radius 3 is 2.50 bits per heavy atom. The Bertz CT molecular complexity index is 506. The molecule has 0 saturated heterocycles. The summed E-state index contributed by atoms with van der Waals surface area (Å²) in [5.41, 5.74) is -1.93. The number of rotatable bonds is 4. The molecule has 0 amide bonds. The van der Waals surface area contributed by atoms with E-state index in [1.165, 1.54) is 29.5 Å². The highest BCUT2D eigenvalue weighted by molar-refractivity contribution is 14.1. The third-order valence-corrected chi connectivity index (χ3v) is 2.78. The van der Waals surface area contributed by atoms with Crippen molar-refractivity contribution in [1.82, 2.24) is 4.98 Å². The van der Waals surface area contributed by atoms with E-state index in [1.54, 1.807) is 0 Å². The number of hydrogen-bond acceptors (Lipinski definition) is 4. The van der Waals surface area contributed by atoms with Crippen molar-refractivity contribution in [3.8, 4) is 5.75 Å². The van der Waals surface area contributed by atoms with Gasteiger partial charge in [-0.05, 0) is 29.5 Å². The molecule has 4 nitrogen and oxygen atoms in total. The maximum Gasteiger partial charge on any atom is 0.573 e. The van der Waals surface area contributed by atoms with Gasteiger partial charge >= 0.3 is 12.3 Å². The van der Waals surface area contributed by atoms with E-state index in [1.807, 2.05) is 0 Å². The number of carbonyl (C=O) groups excluding carboxylic acids is 1. The first kappa shape index (κ1) is 16.9. The van der Waals surface area contributed by atoms with Crippen LogP contribution in [0.3, 0.4) is 0 Å². The Kier molecular flexibility index (Phi) is 5.48. The molecular weight excluding hydrogens is 404 g/mol. The molecule has 0 atom stereocenters. The molecule has 1 heterocycles. The lowest BCUT2D eigenvalue weighted by Gasteiger charge is -2.16. The predicted octanol–water partition coefficient (Wildman–Crippen LogP) is 3.70. The van der Waals surface area contributed by atoms with E-state index in [0.29, 0.717) is 6.20 Å². The second-order valence-corrected chi connectivity index (χ2v) is 4.29. The molecule has 10 heteroatoms. The highest BCUT2D eigenvalue weighted by atomic mass is 127. The van der Waals surface area contributed by atoms with Crippen LogP contribution in [0.4, 0.5) is 22.0 Å². The fourth-order valence-corrected chi connectivity index (χ4v) is 1.95. The second kappa shape index (κ2) is 6.50. The normalized spacial score (nSPS) is 11.6. The molecule has 0 aliphatic heterocycles.